The highest BCUT2D eigenvalue weighted by Gasteiger charge is 2.14. The van der Waals surface area contributed by atoms with Gasteiger partial charge in [-0.25, -0.2) is 0 Å². The first-order chi connectivity index (χ1) is 13.9. The van der Waals surface area contributed by atoms with Gasteiger partial charge in [-0.05, 0) is 74.9 Å². The molecule has 0 bridgehead atoms. The van der Waals surface area contributed by atoms with E-state index in [1.54, 1.807) is 13.2 Å². The van der Waals surface area contributed by atoms with E-state index in [0.717, 1.165) is 34.0 Å². The Bertz CT molecular complexity index is 1100. The third-order valence-corrected chi connectivity index (χ3v) is 4.78. The standard InChI is InChI=1S/C24H23N3O2/c1-16-5-7-21(8-6-16)26-24(28)20(15-25)14-19-13-17(2)27(18(19)3)22-9-11-23(29-4)12-10-22/h5-14H,1-4H3,(H,26,28). The van der Waals surface area contributed by atoms with Crippen molar-refractivity contribution in [2.45, 2.75) is 20.8 Å². The fraction of sp³-hybridized carbons (Fsp3) is 0.167. The van der Waals surface area contributed by atoms with E-state index in [1.807, 2.05) is 81.4 Å². The number of hydrogen-bond donors (Lipinski definition) is 1. The van der Waals surface area contributed by atoms with Crippen molar-refractivity contribution in [3.8, 4) is 17.5 Å². The summed E-state index contributed by atoms with van der Waals surface area (Å²) in [5.41, 5.74) is 5.59. The van der Waals surface area contributed by atoms with Gasteiger partial charge in [0, 0.05) is 22.8 Å². The average Bonchev–Trinajstić information content (AvgIpc) is 3.00. The van der Waals surface area contributed by atoms with E-state index in [1.165, 1.54) is 0 Å². The van der Waals surface area contributed by atoms with Gasteiger partial charge in [0.2, 0.25) is 0 Å². The minimum Gasteiger partial charge on any atom is -0.497 e. The van der Waals surface area contributed by atoms with Crippen molar-refractivity contribution >= 4 is 17.7 Å². The van der Waals surface area contributed by atoms with Gasteiger partial charge < -0.3 is 14.6 Å². The number of nitrogens with one attached hydrogen (secondary N) is 1. The number of nitrogens with zero attached hydrogens (tertiary/aromatic N) is 2. The molecule has 3 rings (SSSR count). The van der Waals surface area contributed by atoms with Gasteiger partial charge in [0.1, 0.15) is 17.4 Å². The first-order valence-electron chi connectivity index (χ1n) is 9.26. The Kier molecular flexibility index (Phi) is 5.85. The molecule has 1 amide bonds. The molecule has 0 aliphatic heterocycles. The lowest BCUT2D eigenvalue weighted by Crippen LogP contribution is -2.13. The van der Waals surface area contributed by atoms with E-state index >= 15 is 0 Å². The van der Waals surface area contributed by atoms with Crippen molar-refractivity contribution < 1.29 is 9.53 Å². The molecule has 5 heteroatoms. The van der Waals surface area contributed by atoms with Crippen molar-refractivity contribution in [1.29, 1.82) is 5.26 Å². The van der Waals surface area contributed by atoms with Crippen molar-refractivity contribution in [1.82, 2.24) is 4.57 Å². The number of hydrogen-bond acceptors (Lipinski definition) is 3. The quantitative estimate of drug-likeness (QED) is 0.499. The highest BCUT2D eigenvalue weighted by atomic mass is 16.5. The Hall–Kier alpha value is -3.78. The van der Waals surface area contributed by atoms with Crippen LogP contribution in [0.2, 0.25) is 0 Å². The normalized spacial score (nSPS) is 11.1. The van der Waals surface area contributed by atoms with Gasteiger partial charge in [0.25, 0.3) is 5.91 Å². The first kappa shape index (κ1) is 20.0. The summed E-state index contributed by atoms with van der Waals surface area (Å²) in [6.45, 7) is 5.94. The molecule has 0 radical (unpaired) electrons. The van der Waals surface area contributed by atoms with Crippen LogP contribution in [0.3, 0.4) is 0 Å². The average molecular weight is 385 g/mol. The Morgan fingerprint density at radius 3 is 2.31 bits per heavy atom. The smallest absolute Gasteiger partial charge is 0.266 e. The summed E-state index contributed by atoms with van der Waals surface area (Å²) in [6, 6.07) is 19.2. The SMILES string of the molecule is COc1ccc(-n2c(C)cc(C=C(C#N)C(=O)Nc3ccc(C)cc3)c2C)cc1. The second-order valence-electron chi connectivity index (χ2n) is 6.85. The number of nitriles is 1. The summed E-state index contributed by atoms with van der Waals surface area (Å²) in [5, 5.41) is 12.3. The van der Waals surface area contributed by atoms with Crippen LogP contribution in [-0.4, -0.2) is 17.6 Å². The molecular weight excluding hydrogens is 362 g/mol. The summed E-state index contributed by atoms with van der Waals surface area (Å²) in [4.78, 5) is 12.6. The zero-order chi connectivity index (χ0) is 21.0. The maximum Gasteiger partial charge on any atom is 0.266 e. The first-order valence-corrected chi connectivity index (χ1v) is 9.26. The van der Waals surface area contributed by atoms with E-state index in [2.05, 4.69) is 9.88 Å². The molecule has 0 aliphatic rings. The second-order valence-corrected chi connectivity index (χ2v) is 6.85. The zero-order valence-corrected chi connectivity index (χ0v) is 17.0. The number of aromatic nitrogens is 1. The summed E-state index contributed by atoms with van der Waals surface area (Å²) in [6.07, 6.45) is 1.63. The summed E-state index contributed by atoms with van der Waals surface area (Å²) in [5.74, 6) is 0.362. The maximum absolute atomic E-state index is 12.6. The number of carbonyl (C=O) groups excluding carboxylic acids is 1. The number of carbonyl (C=O) groups is 1. The maximum atomic E-state index is 12.6. The third-order valence-electron chi connectivity index (χ3n) is 4.78. The lowest BCUT2D eigenvalue weighted by molar-refractivity contribution is -0.112. The van der Waals surface area contributed by atoms with E-state index in [4.69, 9.17) is 4.74 Å². The van der Waals surface area contributed by atoms with E-state index in [0.29, 0.717) is 5.69 Å². The van der Waals surface area contributed by atoms with Crippen LogP contribution in [0.1, 0.15) is 22.5 Å². The highest BCUT2D eigenvalue weighted by molar-refractivity contribution is 6.09. The molecule has 1 heterocycles. The fourth-order valence-corrected chi connectivity index (χ4v) is 3.20. The predicted molar refractivity (Wildman–Crippen MR) is 115 cm³/mol. The number of amides is 1. The molecule has 5 nitrogen and oxygen atoms in total. The number of ether oxygens (including phenoxy) is 1. The van der Waals surface area contributed by atoms with Crippen LogP contribution < -0.4 is 10.1 Å². The van der Waals surface area contributed by atoms with Gasteiger partial charge >= 0.3 is 0 Å². The van der Waals surface area contributed by atoms with Crippen LogP contribution >= 0.6 is 0 Å². The van der Waals surface area contributed by atoms with Gasteiger partial charge in [0.05, 0.1) is 7.11 Å². The summed E-state index contributed by atoms with van der Waals surface area (Å²) >= 11 is 0. The lowest BCUT2D eigenvalue weighted by atomic mass is 10.1. The number of anilines is 1. The number of benzene rings is 2. The van der Waals surface area contributed by atoms with Crippen LogP contribution in [0.15, 0.2) is 60.2 Å². The molecule has 0 atom stereocenters. The van der Waals surface area contributed by atoms with Crippen molar-refractivity contribution in [3.05, 3.63) is 82.7 Å². The minimum absolute atomic E-state index is 0.0561. The molecule has 0 aliphatic carbocycles. The molecule has 0 saturated heterocycles. The van der Waals surface area contributed by atoms with Crippen molar-refractivity contribution in [2.75, 3.05) is 12.4 Å². The van der Waals surface area contributed by atoms with Crippen LogP contribution in [0, 0.1) is 32.1 Å². The van der Waals surface area contributed by atoms with Gasteiger partial charge in [-0.3, -0.25) is 4.79 Å². The molecule has 3 aromatic rings. The molecule has 2 aromatic carbocycles. The van der Waals surface area contributed by atoms with E-state index in [9.17, 15) is 10.1 Å². The predicted octanol–water partition coefficient (Wildman–Crippen LogP) is 4.96. The molecular formula is C24H23N3O2. The second kappa shape index (κ2) is 8.49. The summed E-state index contributed by atoms with van der Waals surface area (Å²) < 4.78 is 7.30. The molecule has 0 saturated carbocycles. The van der Waals surface area contributed by atoms with Gasteiger partial charge in [-0.2, -0.15) is 5.26 Å². The number of aryl methyl sites for hydroxylation is 2. The Labute approximate surface area is 170 Å². The third kappa shape index (κ3) is 4.39. The molecule has 1 aromatic heterocycles. The minimum atomic E-state index is -0.425. The van der Waals surface area contributed by atoms with E-state index < -0.39 is 5.91 Å². The fourth-order valence-electron chi connectivity index (χ4n) is 3.20. The largest absolute Gasteiger partial charge is 0.497 e. The van der Waals surface area contributed by atoms with Crippen LogP contribution in [-0.2, 0) is 4.79 Å². The molecule has 29 heavy (non-hydrogen) atoms. The van der Waals surface area contributed by atoms with Crippen molar-refractivity contribution in [3.63, 3.8) is 0 Å². The lowest BCUT2D eigenvalue weighted by Gasteiger charge is -2.10. The Balaban J connectivity index is 1.90. The Morgan fingerprint density at radius 1 is 1.07 bits per heavy atom. The number of methoxy groups -OCH3 is 1. The molecule has 146 valence electrons. The topological polar surface area (TPSA) is 67.0 Å². The van der Waals surface area contributed by atoms with Crippen LogP contribution in [0.5, 0.6) is 5.75 Å². The highest BCUT2D eigenvalue weighted by Crippen LogP contribution is 2.24. The van der Waals surface area contributed by atoms with E-state index in [-0.39, 0.29) is 5.57 Å². The van der Waals surface area contributed by atoms with Crippen molar-refractivity contribution in [2.24, 2.45) is 0 Å². The van der Waals surface area contributed by atoms with Crippen LogP contribution in [0.4, 0.5) is 5.69 Å². The van der Waals surface area contributed by atoms with Gasteiger partial charge in [-0.1, -0.05) is 17.7 Å². The molecule has 0 unspecified atom stereocenters. The number of rotatable bonds is 5. The molecule has 0 fully saturated rings. The molecule has 0 spiro atoms. The van der Waals surface area contributed by atoms with Crippen LogP contribution in [0.25, 0.3) is 11.8 Å². The molecule has 1 N–H and O–H groups in total. The van der Waals surface area contributed by atoms with Gasteiger partial charge in [0.15, 0.2) is 0 Å². The van der Waals surface area contributed by atoms with Gasteiger partial charge in [-0.15, -0.1) is 0 Å². The zero-order valence-electron chi connectivity index (χ0n) is 17.0. The monoisotopic (exact) mass is 385 g/mol. The Morgan fingerprint density at radius 2 is 1.72 bits per heavy atom. The summed E-state index contributed by atoms with van der Waals surface area (Å²) in [7, 11) is 1.63.